The summed E-state index contributed by atoms with van der Waals surface area (Å²) in [6.07, 6.45) is 4.42. The van der Waals surface area contributed by atoms with Gasteiger partial charge in [0.05, 0.1) is 5.92 Å². The van der Waals surface area contributed by atoms with E-state index in [4.69, 9.17) is 0 Å². The van der Waals surface area contributed by atoms with Crippen LogP contribution in [0.5, 0.6) is 0 Å². The smallest absolute Gasteiger partial charge is 0.310 e. The first-order chi connectivity index (χ1) is 10.0. The first-order valence-corrected chi connectivity index (χ1v) is 8.57. The van der Waals surface area contributed by atoms with Crippen molar-refractivity contribution in [3.05, 3.63) is 0 Å². The lowest BCUT2D eigenvalue weighted by molar-refractivity contribution is -0.185. The fourth-order valence-corrected chi connectivity index (χ4v) is 4.47. The maximum atomic E-state index is 12.7. The van der Waals surface area contributed by atoms with E-state index in [2.05, 4.69) is 10.2 Å². The molecular formula is C16H27F3N2. The van der Waals surface area contributed by atoms with Crippen molar-refractivity contribution in [2.24, 2.45) is 11.8 Å². The zero-order valence-electron chi connectivity index (χ0n) is 12.7. The topological polar surface area (TPSA) is 15.3 Å². The van der Waals surface area contributed by atoms with E-state index in [-0.39, 0.29) is 12.8 Å². The van der Waals surface area contributed by atoms with Crippen LogP contribution in [0.4, 0.5) is 13.2 Å². The van der Waals surface area contributed by atoms with Gasteiger partial charge >= 0.3 is 6.18 Å². The molecule has 0 aromatic carbocycles. The van der Waals surface area contributed by atoms with Gasteiger partial charge in [0.1, 0.15) is 0 Å². The number of piperidine rings is 2. The van der Waals surface area contributed by atoms with E-state index in [0.29, 0.717) is 25.2 Å². The van der Waals surface area contributed by atoms with Gasteiger partial charge in [-0.2, -0.15) is 13.2 Å². The number of fused-ring (bicyclic) bond motifs is 1. The molecule has 2 aliphatic heterocycles. The number of hydrogen-bond acceptors (Lipinski definition) is 2. The molecule has 3 fully saturated rings. The molecule has 3 rings (SSSR count). The lowest BCUT2D eigenvalue weighted by Gasteiger charge is -2.43. The highest BCUT2D eigenvalue weighted by atomic mass is 19.4. The molecule has 3 aliphatic rings. The third kappa shape index (κ3) is 3.92. The highest BCUT2D eigenvalue weighted by Crippen LogP contribution is 2.35. The standard InChI is InChI=1S/C16H27F3N2/c17-16(18,19)13-7-9-21(10-8-13)11-14-6-5-12-3-1-2-4-15(12)20-14/h12-15,20H,1-11H2. The molecule has 0 aromatic rings. The third-order valence-corrected chi connectivity index (χ3v) is 5.77. The van der Waals surface area contributed by atoms with Crippen LogP contribution in [0.25, 0.3) is 0 Å². The number of likely N-dealkylation sites (tertiary alicyclic amines) is 1. The lowest BCUT2D eigenvalue weighted by Crippen LogP contribution is -2.54. The fourth-order valence-electron chi connectivity index (χ4n) is 4.47. The van der Waals surface area contributed by atoms with Crippen molar-refractivity contribution in [3.63, 3.8) is 0 Å². The van der Waals surface area contributed by atoms with Crippen molar-refractivity contribution in [3.8, 4) is 0 Å². The van der Waals surface area contributed by atoms with E-state index in [1.807, 2.05) is 0 Å². The molecule has 0 aromatic heterocycles. The molecule has 3 atom stereocenters. The van der Waals surface area contributed by atoms with E-state index in [9.17, 15) is 13.2 Å². The number of nitrogens with zero attached hydrogens (tertiary/aromatic N) is 1. The van der Waals surface area contributed by atoms with Gasteiger partial charge in [-0.05, 0) is 57.5 Å². The van der Waals surface area contributed by atoms with Crippen LogP contribution >= 0.6 is 0 Å². The molecule has 0 radical (unpaired) electrons. The predicted molar refractivity (Wildman–Crippen MR) is 77.1 cm³/mol. The van der Waals surface area contributed by atoms with Gasteiger partial charge < -0.3 is 10.2 Å². The van der Waals surface area contributed by atoms with Crippen LogP contribution in [0.15, 0.2) is 0 Å². The Hall–Kier alpha value is -0.290. The molecule has 2 nitrogen and oxygen atoms in total. The second-order valence-corrected chi connectivity index (χ2v) is 7.21. The number of nitrogens with one attached hydrogen (secondary N) is 1. The third-order valence-electron chi connectivity index (χ3n) is 5.77. The zero-order chi connectivity index (χ0) is 14.9. The number of alkyl halides is 3. The molecule has 0 amide bonds. The van der Waals surface area contributed by atoms with Crippen LogP contribution in [-0.2, 0) is 0 Å². The quantitative estimate of drug-likeness (QED) is 0.839. The summed E-state index contributed by atoms with van der Waals surface area (Å²) in [6, 6.07) is 1.16. The molecule has 1 N–H and O–H groups in total. The van der Waals surface area contributed by atoms with Crippen LogP contribution in [0, 0.1) is 11.8 Å². The molecule has 1 saturated carbocycles. The lowest BCUT2D eigenvalue weighted by atomic mass is 9.77. The summed E-state index contributed by atoms with van der Waals surface area (Å²) in [7, 11) is 0. The monoisotopic (exact) mass is 304 g/mol. The Morgan fingerprint density at radius 2 is 1.62 bits per heavy atom. The summed E-state index contributed by atoms with van der Waals surface area (Å²) in [5, 5.41) is 3.78. The summed E-state index contributed by atoms with van der Waals surface area (Å²) >= 11 is 0. The van der Waals surface area contributed by atoms with Gasteiger partial charge in [0.25, 0.3) is 0 Å². The Morgan fingerprint density at radius 3 is 2.33 bits per heavy atom. The van der Waals surface area contributed by atoms with E-state index < -0.39 is 12.1 Å². The second kappa shape index (κ2) is 6.45. The second-order valence-electron chi connectivity index (χ2n) is 7.21. The van der Waals surface area contributed by atoms with Crippen molar-refractivity contribution < 1.29 is 13.2 Å². The van der Waals surface area contributed by atoms with Gasteiger partial charge in [0.15, 0.2) is 0 Å². The molecule has 2 heterocycles. The van der Waals surface area contributed by atoms with Crippen molar-refractivity contribution in [2.75, 3.05) is 19.6 Å². The Labute approximate surface area is 125 Å². The van der Waals surface area contributed by atoms with Crippen LogP contribution in [0.2, 0.25) is 0 Å². The van der Waals surface area contributed by atoms with Crippen molar-refractivity contribution in [1.29, 1.82) is 0 Å². The Morgan fingerprint density at radius 1 is 0.905 bits per heavy atom. The Kier molecular flexibility index (Phi) is 4.79. The minimum absolute atomic E-state index is 0.280. The van der Waals surface area contributed by atoms with Crippen LogP contribution in [-0.4, -0.2) is 42.8 Å². The average Bonchev–Trinajstić information content (AvgIpc) is 2.47. The zero-order valence-corrected chi connectivity index (χ0v) is 12.7. The molecule has 5 heteroatoms. The van der Waals surface area contributed by atoms with Gasteiger partial charge in [-0.15, -0.1) is 0 Å². The Balaban J connectivity index is 1.43. The molecule has 3 unspecified atom stereocenters. The normalized spacial score (nSPS) is 36.4. The average molecular weight is 304 g/mol. The Bertz CT molecular complexity index is 337. The molecule has 0 bridgehead atoms. The highest BCUT2D eigenvalue weighted by Gasteiger charge is 2.41. The maximum absolute atomic E-state index is 12.7. The molecule has 1 aliphatic carbocycles. The van der Waals surface area contributed by atoms with Gasteiger partial charge in [0.2, 0.25) is 0 Å². The maximum Gasteiger partial charge on any atom is 0.391 e. The van der Waals surface area contributed by atoms with Crippen LogP contribution in [0.3, 0.4) is 0 Å². The van der Waals surface area contributed by atoms with Crippen LogP contribution in [0.1, 0.15) is 51.4 Å². The first kappa shape index (κ1) is 15.6. The molecular weight excluding hydrogens is 277 g/mol. The van der Waals surface area contributed by atoms with Crippen molar-refractivity contribution in [2.45, 2.75) is 69.6 Å². The summed E-state index contributed by atoms with van der Waals surface area (Å²) in [5.74, 6) is -0.221. The van der Waals surface area contributed by atoms with E-state index in [1.54, 1.807) is 0 Å². The fraction of sp³-hybridized carbons (Fsp3) is 1.00. The minimum atomic E-state index is -4.00. The number of hydrogen-bond donors (Lipinski definition) is 1. The predicted octanol–water partition coefficient (Wildman–Crippen LogP) is 3.57. The van der Waals surface area contributed by atoms with Crippen molar-refractivity contribution >= 4 is 0 Å². The number of halogens is 3. The summed E-state index contributed by atoms with van der Waals surface area (Å²) < 4.78 is 38.0. The van der Waals surface area contributed by atoms with Gasteiger partial charge in [-0.25, -0.2) is 0 Å². The molecule has 0 spiro atoms. The SMILES string of the molecule is FC(F)(F)C1CCN(CC2CCC3CCCCC3N2)CC1. The summed E-state index contributed by atoms with van der Waals surface area (Å²) in [4.78, 5) is 2.24. The number of rotatable bonds is 2. The molecule has 21 heavy (non-hydrogen) atoms. The molecule has 122 valence electrons. The van der Waals surface area contributed by atoms with Crippen LogP contribution < -0.4 is 5.32 Å². The van der Waals surface area contributed by atoms with Gasteiger partial charge in [-0.1, -0.05) is 12.8 Å². The minimum Gasteiger partial charge on any atom is -0.310 e. The first-order valence-electron chi connectivity index (χ1n) is 8.57. The highest BCUT2D eigenvalue weighted by molar-refractivity contribution is 4.91. The summed E-state index contributed by atoms with van der Waals surface area (Å²) in [6.45, 7) is 2.15. The van der Waals surface area contributed by atoms with E-state index >= 15 is 0 Å². The van der Waals surface area contributed by atoms with E-state index in [1.165, 1.54) is 38.5 Å². The van der Waals surface area contributed by atoms with Crippen molar-refractivity contribution in [1.82, 2.24) is 10.2 Å². The van der Waals surface area contributed by atoms with E-state index in [0.717, 1.165) is 12.5 Å². The van der Waals surface area contributed by atoms with Gasteiger partial charge in [-0.3, -0.25) is 0 Å². The summed E-state index contributed by atoms with van der Waals surface area (Å²) in [5.41, 5.74) is 0. The largest absolute Gasteiger partial charge is 0.391 e. The molecule has 2 saturated heterocycles. The van der Waals surface area contributed by atoms with Gasteiger partial charge in [0, 0.05) is 18.6 Å².